The maximum absolute atomic E-state index is 11.6. The third-order valence-corrected chi connectivity index (χ3v) is 2.36. The van der Waals surface area contributed by atoms with Crippen LogP contribution in [0.1, 0.15) is 17.3 Å². The molecule has 1 aromatic carbocycles. The van der Waals surface area contributed by atoms with Gasteiger partial charge in [0.1, 0.15) is 0 Å². The van der Waals surface area contributed by atoms with Gasteiger partial charge in [0.2, 0.25) is 0 Å². The van der Waals surface area contributed by atoms with Crippen molar-refractivity contribution in [3.05, 3.63) is 33.9 Å². The molecule has 0 aliphatic carbocycles. The van der Waals surface area contributed by atoms with Crippen molar-refractivity contribution in [3.8, 4) is 0 Å². The SMILES string of the molecule is CNC(=O)c1cc([N+](=O)[O-])ccc1N[C@H](C)CO. The summed E-state index contributed by atoms with van der Waals surface area (Å²) in [4.78, 5) is 21.7. The van der Waals surface area contributed by atoms with Crippen molar-refractivity contribution in [3.63, 3.8) is 0 Å². The largest absolute Gasteiger partial charge is 0.394 e. The molecule has 7 nitrogen and oxygen atoms in total. The first-order valence-corrected chi connectivity index (χ1v) is 5.37. The van der Waals surface area contributed by atoms with Crippen molar-refractivity contribution < 1.29 is 14.8 Å². The van der Waals surface area contributed by atoms with Crippen LogP contribution in [0.25, 0.3) is 0 Å². The topological polar surface area (TPSA) is 104 Å². The summed E-state index contributed by atoms with van der Waals surface area (Å²) in [5.41, 5.74) is 0.462. The number of benzene rings is 1. The van der Waals surface area contributed by atoms with Crippen molar-refractivity contribution in [2.24, 2.45) is 0 Å². The zero-order valence-corrected chi connectivity index (χ0v) is 10.1. The predicted octanol–water partition coefficient (Wildman–Crippen LogP) is 0.747. The highest BCUT2D eigenvalue weighted by Crippen LogP contribution is 2.22. The van der Waals surface area contributed by atoms with Gasteiger partial charge in [-0.05, 0) is 13.0 Å². The molecule has 1 rings (SSSR count). The molecule has 1 atom stereocenters. The van der Waals surface area contributed by atoms with E-state index in [4.69, 9.17) is 5.11 Å². The Hall–Kier alpha value is -2.15. The van der Waals surface area contributed by atoms with Gasteiger partial charge in [-0.1, -0.05) is 0 Å². The minimum Gasteiger partial charge on any atom is -0.394 e. The maximum atomic E-state index is 11.6. The average Bonchev–Trinajstić information content (AvgIpc) is 2.37. The number of hydrogen-bond acceptors (Lipinski definition) is 5. The average molecular weight is 253 g/mol. The fraction of sp³-hybridized carbons (Fsp3) is 0.364. The van der Waals surface area contributed by atoms with Gasteiger partial charge in [-0.3, -0.25) is 14.9 Å². The Kier molecular flexibility index (Phi) is 4.61. The third kappa shape index (κ3) is 3.17. The van der Waals surface area contributed by atoms with Gasteiger partial charge in [-0.2, -0.15) is 0 Å². The number of aliphatic hydroxyl groups excluding tert-OH is 1. The lowest BCUT2D eigenvalue weighted by atomic mass is 10.1. The van der Waals surface area contributed by atoms with Crippen LogP contribution in [0.5, 0.6) is 0 Å². The van der Waals surface area contributed by atoms with E-state index in [1.807, 2.05) is 0 Å². The van der Waals surface area contributed by atoms with Crippen LogP contribution in [0.4, 0.5) is 11.4 Å². The van der Waals surface area contributed by atoms with E-state index in [0.717, 1.165) is 0 Å². The van der Waals surface area contributed by atoms with Crippen LogP contribution in [-0.4, -0.2) is 35.6 Å². The molecular formula is C11H15N3O4. The Labute approximate surface area is 104 Å². The maximum Gasteiger partial charge on any atom is 0.270 e. The van der Waals surface area contributed by atoms with E-state index in [0.29, 0.717) is 5.69 Å². The number of nitrogens with one attached hydrogen (secondary N) is 2. The van der Waals surface area contributed by atoms with Crippen molar-refractivity contribution in [2.75, 3.05) is 19.0 Å². The van der Waals surface area contributed by atoms with E-state index < -0.39 is 10.8 Å². The molecule has 1 amide bonds. The Morgan fingerprint density at radius 3 is 2.72 bits per heavy atom. The molecule has 0 spiro atoms. The molecule has 0 fully saturated rings. The van der Waals surface area contributed by atoms with E-state index >= 15 is 0 Å². The standard InChI is InChI=1S/C11H15N3O4/c1-7(6-15)13-10-4-3-8(14(17)18)5-9(10)11(16)12-2/h3-5,7,13,15H,6H2,1-2H3,(H,12,16)/t7-/m1/s1. The Bertz CT molecular complexity index is 462. The third-order valence-electron chi connectivity index (χ3n) is 2.36. The highest BCUT2D eigenvalue weighted by Gasteiger charge is 2.16. The summed E-state index contributed by atoms with van der Waals surface area (Å²) in [5, 5.41) is 24.9. The molecule has 0 heterocycles. The first-order chi connectivity index (χ1) is 8.49. The number of carbonyl (C=O) groups excluding carboxylic acids is 1. The van der Waals surface area contributed by atoms with Crippen molar-refractivity contribution in [1.82, 2.24) is 5.32 Å². The second-order valence-corrected chi connectivity index (χ2v) is 3.79. The molecule has 7 heteroatoms. The number of rotatable bonds is 5. The molecule has 0 aromatic heterocycles. The van der Waals surface area contributed by atoms with Crippen LogP contribution in [0.2, 0.25) is 0 Å². The lowest BCUT2D eigenvalue weighted by molar-refractivity contribution is -0.384. The molecule has 0 unspecified atom stereocenters. The fourth-order valence-electron chi connectivity index (χ4n) is 1.41. The predicted molar refractivity (Wildman–Crippen MR) is 66.7 cm³/mol. The van der Waals surface area contributed by atoms with Gasteiger partial charge in [0, 0.05) is 30.9 Å². The van der Waals surface area contributed by atoms with Gasteiger partial charge in [0.05, 0.1) is 17.1 Å². The van der Waals surface area contributed by atoms with Crippen LogP contribution < -0.4 is 10.6 Å². The quantitative estimate of drug-likeness (QED) is 0.530. The molecule has 3 N–H and O–H groups in total. The molecular weight excluding hydrogens is 238 g/mol. The second kappa shape index (κ2) is 5.97. The van der Waals surface area contributed by atoms with E-state index in [2.05, 4.69) is 10.6 Å². The Morgan fingerprint density at radius 1 is 1.56 bits per heavy atom. The number of non-ortho nitro benzene ring substituents is 1. The summed E-state index contributed by atoms with van der Waals surface area (Å²) < 4.78 is 0. The minimum atomic E-state index is -0.564. The van der Waals surface area contributed by atoms with E-state index in [1.54, 1.807) is 6.92 Å². The number of nitrogens with zero attached hydrogens (tertiary/aromatic N) is 1. The van der Waals surface area contributed by atoms with Crippen LogP contribution in [-0.2, 0) is 0 Å². The summed E-state index contributed by atoms with van der Waals surface area (Å²) >= 11 is 0. The lowest BCUT2D eigenvalue weighted by Gasteiger charge is -2.15. The zero-order chi connectivity index (χ0) is 13.7. The summed E-state index contributed by atoms with van der Waals surface area (Å²) in [6, 6.07) is 3.70. The summed E-state index contributed by atoms with van der Waals surface area (Å²) in [6.45, 7) is 1.62. The normalized spacial score (nSPS) is 11.7. The van der Waals surface area contributed by atoms with Crippen LogP contribution in [0.3, 0.4) is 0 Å². The molecule has 0 saturated carbocycles. The minimum absolute atomic E-state index is 0.107. The van der Waals surface area contributed by atoms with Gasteiger partial charge in [0.25, 0.3) is 11.6 Å². The highest BCUT2D eigenvalue weighted by atomic mass is 16.6. The van der Waals surface area contributed by atoms with E-state index in [-0.39, 0.29) is 23.9 Å². The monoisotopic (exact) mass is 253 g/mol. The van der Waals surface area contributed by atoms with E-state index in [1.165, 1.54) is 25.2 Å². The molecule has 98 valence electrons. The van der Waals surface area contributed by atoms with Crippen LogP contribution in [0, 0.1) is 10.1 Å². The number of carbonyl (C=O) groups is 1. The molecule has 18 heavy (non-hydrogen) atoms. The van der Waals surface area contributed by atoms with Crippen LogP contribution in [0.15, 0.2) is 18.2 Å². The number of nitro groups is 1. The number of nitro benzene ring substituents is 1. The molecule has 0 aliphatic heterocycles. The zero-order valence-electron chi connectivity index (χ0n) is 10.1. The van der Waals surface area contributed by atoms with Gasteiger partial charge in [0.15, 0.2) is 0 Å². The van der Waals surface area contributed by atoms with Gasteiger partial charge >= 0.3 is 0 Å². The lowest BCUT2D eigenvalue weighted by Crippen LogP contribution is -2.24. The van der Waals surface area contributed by atoms with Crippen LogP contribution >= 0.6 is 0 Å². The first kappa shape index (κ1) is 13.9. The fourth-order valence-corrected chi connectivity index (χ4v) is 1.41. The van der Waals surface area contributed by atoms with Crippen molar-refractivity contribution >= 4 is 17.3 Å². The molecule has 0 bridgehead atoms. The number of amides is 1. The summed E-state index contributed by atoms with van der Waals surface area (Å²) in [6.07, 6.45) is 0. The highest BCUT2D eigenvalue weighted by molar-refractivity contribution is 6.00. The second-order valence-electron chi connectivity index (χ2n) is 3.79. The smallest absolute Gasteiger partial charge is 0.270 e. The molecule has 0 radical (unpaired) electrons. The van der Waals surface area contributed by atoms with Gasteiger partial charge < -0.3 is 15.7 Å². The Balaban J connectivity index is 3.16. The van der Waals surface area contributed by atoms with E-state index in [9.17, 15) is 14.9 Å². The number of aliphatic hydroxyl groups is 1. The first-order valence-electron chi connectivity index (χ1n) is 5.37. The molecule has 1 aromatic rings. The van der Waals surface area contributed by atoms with Crippen molar-refractivity contribution in [1.29, 1.82) is 0 Å². The molecule has 0 aliphatic rings. The summed E-state index contributed by atoms with van der Waals surface area (Å²) in [5.74, 6) is -0.425. The molecule has 0 saturated heterocycles. The van der Waals surface area contributed by atoms with Gasteiger partial charge in [-0.25, -0.2) is 0 Å². The summed E-state index contributed by atoms with van der Waals surface area (Å²) in [7, 11) is 1.44. The number of hydrogen-bond donors (Lipinski definition) is 3. The van der Waals surface area contributed by atoms with Crippen molar-refractivity contribution in [2.45, 2.75) is 13.0 Å². The Morgan fingerprint density at radius 2 is 2.22 bits per heavy atom. The number of anilines is 1. The van der Waals surface area contributed by atoms with Gasteiger partial charge in [-0.15, -0.1) is 0 Å².